The van der Waals surface area contributed by atoms with Crippen LogP contribution in [-0.2, 0) is 16.0 Å². The van der Waals surface area contributed by atoms with Crippen LogP contribution in [0.15, 0.2) is 54.6 Å². The Labute approximate surface area is 142 Å². The highest BCUT2D eigenvalue weighted by atomic mass is 16.7. The smallest absolute Gasteiger partial charge is 0.456 e. The van der Waals surface area contributed by atoms with E-state index in [9.17, 15) is 9.82 Å². The molecule has 2 N–H and O–H groups in total. The van der Waals surface area contributed by atoms with Crippen molar-refractivity contribution in [3.05, 3.63) is 65.7 Å². The lowest BCUT2D eigenvalue weighted by Gasteiger charge is -2.19. The Morgan fingerprint density at radius 3 is 2.29 bits per heavy atom. The number of benzene rings is 2. The molecular weight excluding hydrogens is 305 g/mol. The van der Waals surface area contributed by atoms with E-state index in [1.807, 2.05) is 51.1 Å². The summed E-state index contributed by atoms with van der Waals surface area (Å²) in [5.74, 6) is -0.397. The molecule has 0 amide bonds. The molecule has 0 bridgehead atoms. The van der Waals surface area contributed by atoms with Gasteiger partial charge in [0, 0.05) is 6.54 Å². The van der Waals surface area contributed by atoms with Crippen molar-refractivity contribution in [2.24, 2.45) is 0 Å². The van der Waals surface area contributed by atoms with Crippen LogP contribution in [0.4, 0.5) is 0 Å². The second-order valence-corrected chi connectivity index (χ2v) is 6.40. The second-order valence-electron chi connectivity index (χ2n) is 6.40. The SMILES string of the molecule is CC(C)(C)OC(=O)c1ccc(B(O)ONCc2ccccc2)cc1. The first-order valence-corrected chi connectivity index (χ1v) is 7.79. The largest absolute Gasteiger partial charge is 0.508 e. The van der Waals surface area contributed by atoms with Gasteiger partial charge in [0.25, 0.3) is 0 Å². The highest BCUT2D eigenvalue weighted by Gasteiger charge is 2.20. The summed E-state index contributed by atoms with van der Waals surface area (Å²) in [5, 5.41) is 10.0. The van der Waals surface area contributed by atoms with Gasteiger partial charge < -0.3 is 14.5 Å². The summed E-state index contributed by atoms with van der Waals surface area (Å²) >= 11 is 0. The lowest BCUT2D eigenvalue weighted by atomic mass is 9.80. The minimum absolute atomic E-state index is 0.397. The van der Waals surface area contributed by atoms with Crippen LogP contribution in [-0.4, -0.2) is 23.7 Å². The van der Waals surface area contributed by atoms with E-state index < -0.39 is 18.7 Å². The van der Waals surface area contributed by atoms with Gasteiger partial charge in [0.2, 0.25) is 0 Å². The van der Waals surface area contributed by atoms with Crippen molar-refractivity contribution in [1.29, 1.82) is 0 Å². The normalized spacial score (nSPS) is 11.2. The van der Waals surface area contributed by atoms with Crippen molar-refractivity contribution >= 4 is 18.6 Å². The van der Waals surface area contributed by atoms with Gasteiger partial charge in [-0.05, 0) is 43.9 Å². The summed E-state index contributed by atoms with van der Waals surface area (Å²) in [6.07, 6.45) is 0. The fourth-order valence-electron chi connectivity index (χ4n) is 1.99. The number of hydroxylamine groups is 1. The lowest BCUT2D eigenvalue weighted by molar-refractivity contribution is 0.00695. The molecule has 0 aromatic heterocycles. The molecule has 2 aromatic rings. The van der Waals surface area contributed by atoms with E-state index in [2.05, 4.69) is 5.48 Å². The topological polar surface area (TPSA) is 67.8 Å². The summed E-state index contributed by atoms with van der Waals surface area (Å²) in [7, 11) is -1.12. The minimum Gasteiger partial charge on any atom is -0.456 e. The Bertz CT molecular complexity index is 653. The van der Waals surface area contributed by atoms with Gasteiger partial charge in [0.1, 0.15) is 5.60 Å². The van der Waals surface area contributed by atoms with Crippen molar-refractivity contribution < 1.29 is 19.3 Å². The molecule has 2 rings (SSSR count). The van der Waals surface area contributed by atoms with E-state index >= 15 is 0 Å². The number of ether oxygens (including phenoxy) is 1. The number of carbonyl (C=O) groups is 1. The molecule has 0 radical (unpaired) electrons. The number of hydrogen-bond acceptors (Lipinski definition) is 5. The molecule has 0 unspecified atom stereocenters. The van der Waals surface area contributed by atoms with Gasteiger partial charge in [-0.2, -0.15) is 0 Å². The maximum Gasteiger partial charge on any atom is 0.508 e. The first-order chi connectivity index (χ1) is 11.3. The first-order valence-electron chi connectivity index (χ1n) is 7.79. The molecule has 0 aliphatic carbocycles. The van der Waals surface area contributed by atoms with Crippen molar-refractivity contribution in [3.8, 4) is 0 Å². The van der Waals surface area contributed by atoms with Crippen LogP contribution in [0, 0.1) is 0 Å². The molecule has 24 heavy (non-hydrogen) atoms. The van der Waals surface area contributed by atoms with E-state index in [4.69, 9.17) is 9.49 Å². The van der Waals surface area contributed by atoms with Gasteiger partial charge >= 0.3 is 13.1 Å². The zero-order chi connectivity index (χ0) is 17.6. The number of nitrogens with one attached hydrogen (secondary N) is 1. The van der Waals surface area contributed by atoms with Crippen molar-refractivity contribution in [1.82, 2.24) is 5.48 Å². The van der Waals surface area contributed by atoms with Crippen molar-refractivity contribution in [2.45, 2.75) is 32.9 Å². The van der Waals surface area contributed by atoms with Crippen LogP contribution < -0.4 is 10.9 Å². The summed E-state index contributed by atoms with van der Waals surface area (Å²) in [6, 6.07) is 16.2. The van der Waals surface area contributed by atoms with Crippen LogP contribution in [0.3, 0.4) is 0 Å². The van der Waals surface area contributed by atoms with Gasteiger partial charge in [-0.15, -0.1) is 0 Å². The van der Waals surface area contributed by atoms with Crippen LogP contribution in [0.25, 0.3) is 0 Å². The van der Waals surface area contributed by atoms with Crippen LogP contribution in [0.5, 0.6) is 0 Å². The third kappa shape index (κ3) is 5.81. The molecule has 0 saturated carbocycles. The monoisotopic (exact) mass is 327 g/mol. The predicted molar refractivity (Wildman–Crippen MR) is 93.6 cm³/mol. The molecule has 0 aliphatic rings. The van der Waals surface area contributed by atoms with Gasteiger partial charge in [0.15, 0.2) is 0 Å². The fourth-order valence-corrected chi connectivity index (χ4v) is 1.99. The van der Waals surface area contributed by atoms with E-state index in [-0.39, 0.29) is 0 Å². The molecule has 0 heterocycles. The Balaban J connectivity index is 1.86. The highest BCUT2D eigenvalue weighted by molar-refractivity contribution is 6.59. The van der Waals surface area contributed by atoms with Gasteiger partial charge in [-0.25, -0.2) is 10.3 Å². The standard InChI is InChI=1S/C18H22BNO4/c1-18(2,3)23-17(21)15-9-11-16(12-10-15)19(22)24-20-13-14-7-5-4-6-8-14/h4-12,20,22H,13H2,1-3H3. The van der Waals surface area contributed by atoms with E-state index in [0.717, 1.165) is 5.56 Å². The molecule has 6 heteroatoms. The number of esters is 1. The van der Waals surface area contributed by atoms with E-state index in [1.165, 1.54) is 0 Å². The average molecular weight is 327 g/mol. The van der Waals surface area contributed by atoms with Gasteiger partial charge in [-0.3, -0.25) is 0 Å². The predicted octanol–water partition coefficient (Wildman–Crippen LogP) is 2.05. The molecular formula is C18H22BNO4. The summed E-state index contributed by atoms with van der Waals surface area (Å²) in [6.45, 7) is 5.92. The average Bonchev–Trinajstić information content (AvgIpc) is 2.54. The van der Waals surface area contributed by atoms with Gasteiger partial charge in [0.05, 0.1) is 5.56 Å². The van der Waals surface area contributed by atoms with Crippen LogP contribution in [0.2, 0.25) is 0 Å². The lowest BCUT2D eigenvalue weighted by Crippen LogP contribution is -2.38. The quantitative estimate of drug-likeness (QED) is 0.483. The first kappa shape index (κ1) is 18.2. The maximum atomic E-state index is 11.9. The summed E-state index contributed by atoms with van der Waals surface area (Å²) in [5.41, 5.74) is 4.20. The summed E-state index contributed by atoms with van der Waals surface area (Å²) < 4.78 is 10.5. The zero-order valence-corrected chi connectivity index (χ0v) is 14.2. The number of rotatable bonds is 6. The molecule has 2 aromatic carbocycles. The molecule has 0 atom stereocenters. The van der Waals surface area contributed by atoms with Crippen LogP contribution in [0.1, 0.15) is 36.7 Å². The van der Waals surface area contributed by atoms with E-state index in [1.54, 1.807) is 24.3 Å². The third-order valence-corrected chi connectivity index (χ3v) is 3.14. The highest BCUT2D eigenvalue weighted by Crippen LogP contribution is 2.11. The fraction of sp³-hybridized carbons (Fsp3) is 0.278. The molecule has 0 spiro atoms. The molecule has 5 nitrogen and oxygen atoms in total. The number of hydrogen-bond donors (Lipinski definition) is 2. The molecule has 0 fully saturated rings. The Morgan fingerprint density at radius 1 is 1.08 bits per heavy atom. The van der Waals surface area contributed by atoms with E-state index in [0.29, 0.717) is 17.6 Å². The van der Waals surface area contributed by atoms with Gasteiger partial charge in [-0.1, -0.05) is 42.5 Å². The Kier molecular flexibility index (Phi) is 6.14. The maximum absolute atomic E-state index is 11.9. The summed E-state index contributed by atoms with van der Waals surface area (Å²) in [4.78, 5) is 11.9. The zero-order valence-electron chi connectivity index (χ0n) is 14.2. The van der Waals surface area contributed by atoms with Crippen LogP contribution >= 0.6 is 0 Å². The number of carbonyl (C=O) groups excluding carboxylic acids is 1. The van der Waals surface area contributed by atoms with Crippen molar-refractivity contribution in [3.63, 3.8) is 0 Å². The van der Waals surface area contributed by atoms with Crippen molar-refractivity contribution in [2.75, 3.05) is 0 Å². The third-order valence-electron chi connectivity index (χ3n) is 3.14. The Hall–Kier alpha value is -2.15. The molecule has 0 aliphatic heterocycles. The Morgan fingerprint density at radius 2 is 1.71 bits per heavy atom. The molecule has 0 saturated heterocycles. The minimum atomic E-state index is -1.12. The second kappa shape index (κ2) is 8.10. The molecule has 126 valence electrons.